The zero-order valence-corrected chi connectivity index (χ0v) is 36.5. The number of phenols is 1. The smallest absolute Gasteiger partial charge is 0.294 e. The topological polar surface area (TPSA) is 93.1 Å². The van der Waals surface area contributed by atoms with Crippen LogP contribution in [0.2, 0.25) is 0 Å². The number of nitrogens with zero attached hydrogens (tertiary/aromatic N) is 2. The SMILES string of the molecule is CCN(Cc1ccccc1)c1ccc(C(c2ccc(N(CC)Cc3ccccc3)cc2)c2ccc(Nc3cc(C(C)(C)C)c(O)c(C(C)(C)C)c3)cc2S(=O)(=O)O)cc1. The molecule has 0 spiro atoms. The number of rotatable bonds is 14. The molecule has 0 fully saturated rings. The summed E-state index contributed by atoms with van der Waals surface area (Å²) >= 11 is 0. The van der Waals surface area contributed by atoms with Crippen LogP contribution < -0.4 is 15.1 Å². The van der Waals surface area contributed by atoms with Crippen LogP contribution in [0.5, 0.6) is 5.75 Å². The molecule has 7 nitrogen and oxygen atoms in total. The third-order valence-corrected chi connectivity index (χ3v) is 11.9. The first-order valence-corrected chi connectivity index (χ1v) is 21.9. The highest BCUT2D eigenvalue weighted by Crippen LogP contribution is 2.43. The average Bonchev–Trinajstić information content (AvgIpc) is 3.20. The van der Waals surface area contributed by atoms with Crippen LogP contribution >= 0.6 is 0 Å². The molecular formula is C51H59N3O4S. The number of phenolic OH excluding ortho intramolecular Hbond substituents is 1. The zero-order chi connectivity index (χ0) is 42.5. The Morgan fingerprint density at radius 3 is 1.37 bits per heavy atom. The summed E-state index contributed by atoms with van der Waals surface area (Å²) in [7, 11) is -4.70. The Balaban J connectivity index is 1.43. The zero-order valence-electron chi connectivity index (χ0n) is 35.7. The van der Waals surface area contributed by atoms with Crippen molar-refractivity contribution >= 4 is 32.9 Å². The van der Waals surface area contributed by atoms with E-state index in [0.29, 0.717) is 16.9 Å². The number of nitrogens with one attached hydrogen (secondary N) is 1. The van der Waals surface area contributed by atoms with Gasteiger partial charge in [-0.2, -0.15) is 8.42 Å². The minimum Gasteiger partial charge on any atom is -0.507 e. The molecule has 0 unspecified atom stereocenters. The maximum absolute atomic E-state index is 13.4. The fourth-order valence-corrected chi connectivity index (χ4v) is 8.54. The van der Waals surface area contributed by atoms with Gasteiger partial charge in [0.05, 0.1) is 0 Å². The first-order valence-electron chi connectivity index (χ1n) is 20.5. The van der Waals surface area contributed by atoms with E-state index in [1.807, 2.05) is 54.6 Å². The van der Waals surface area contributed by atoms with Gasteiger partial charge in [-0.25, -0.2) is 0 Å². The van der Waals surface area contributed by atoms with E-state index in [4.69, 9.17) is 0 Å². The van der Waals surface area contributed by atoms with Crippen LogP contribution in [-0.2, 0) is 34.0 Å². The quantitative estimate of drug-likeness (QED) is 0.0573. The predicted molar refractivity (Wildman–Crippen MR) is 245 cm³/mol. The summed E-state index contributed by atoms with van der Waals surface area (Å²) in [4.78, 5) is 4.43. The van der Waals surface area contributed by atoms with Crippen molar-refractivity contribution in [1.82, 2.24) is 0 Å². The molecule has 0 aliphatic rings. The number of anilines is 4. The first-order chi connectivity index (χ1) is 28.0. The number of hydrogen-bond acceptors (Lipinski definition) is 6. The minimum atomic E-state index is -4.70. The summed E-state index contributed by atoms with van der Waals surface area (Å²) in [5.41, 5.74) is 8.85. The van der Waals surface area contributed by atoms with Crippen LogP contribution in [-0.4, -0.2) is 31.2 Å². The van der Waals surface area contributed by atoms with Crippen molar-refractivity contribution in [3.8, 4) is 5.75 Å². The molecule has 0 atom stereocenters. The van der Waals surface area contributed by atoms with Gasteiger partial charge in [0.25, 0.3) is 10.1 Å². The van der Waals surface area contributed by atoms with E-state index in [9.17, 15) is 18.1 Å². The van der Waals surface area contributed by atoms with Crippen molar-refractivity contribution in [3.63, 3.8) is 0 Å². The third-order valence-electron chi connectivity index (χ3n) is 11.0. The second kappa shape index (κ2) is 17.7. The number of benzene rings is 6. The van der Waals surface area contributed by atoms with E-state index in [2.05, 4.69) is 143 Å². The molecule has 0 saturated carbocycles. The second-order valence-electron chi connectivity index (χ2n) is 17.4. The Bertz CT molecular complexity index is 2310. The van der Waals surface area contributed by atoms with E-state index in [1.165, 1.54) is 17.2 Å². The Morgan fingerprint density at radius 2 is 1.00 bits per heavy atom. The van der Waals surface area contributed by atoms with Gasteiger partial charge in [-0.1, -0.05) is 133 Å². The van der Waals surface area contributed by atoms with Gasteiger partial charge in [-0.15, -0.1) is 0 Å². The fourth-order valence-electron chi connectivity index (χ4n) is 7.78. The van der Waals surface area contributed by atoms with Crippen LogP contribution in [0, 0.1) is 0 Å². The molecule has 0 bridgehead atoms. The van der Waals surface area contributed by atoms with E-state index < -0.39 is 16.0 Å². The minimum absolute atomic E-state index is 0.176. The van der Waals surface area contributed by atoms with Crippen molar-refractivity contribution in [2.24, 2.45) is 0 Å². The molecule has 6 aromatic rings. The first kappa shape index (κ1) is 43.0. The van der Waals surface area contributed by atoms with Crippen LogP contribution in [0.15, 0.2) is 144 Å². The van der Waals surface area contributed by atoms with E-state index in [1.54, 1.807) is 6.07 Å². The highest BCUT2D eigenvalue weighted by molar-refractivity contribution is 7.85. The monoisotopic (exact) mass is 809 g/mol. The van der Waals surface area contributed by atoms with Crippen molar-refractivity contribution in [2.75, 3.05) is 28.2 Å². The summed E-state index contributed by atoms with van der Waals surface area (Å²) in [5.74, 6) is -0.264. The molecule has 0 amide bonds. The highest BCUT2D eigenvalue weighted by atomic mass is 32.2. The number of aromatic hydroxyl groups is 1. The Hall–Kier alpha value is -5.57. The Labute approximate surface area is 352 Å². The highest BCUT2D eigenvalue weighted by Gasteiger charge is 2.29. The maximum atomic E-state index is 13.4. The molecule has 0 heterocycles. The fraction of sp³-hybridized carbons (Fsp3) is 0.294. The standard InChI is InChI=1S/C51H59N3O4S/c1-9-53(34-36-17-13-11-14-18-36)42-26-21-38(22-27-42)48(39-23-28-43(29-24-39)54(10-2)35-37-19-15-12-16-20-37)44-30-25-40(33-47(44)59(56,57)58)52-41-31-45(50(3,4)5)49(55)46(32-41)51(6,7)8/h11-33,48,52,55H,9-10,34-35H2,1-8H3,(H,56,57,58). The van der Waals surface area contributed by atoms with Gasteiger partial charge in [-0.05, 0) is 101 Å². The molecule has 0 aliphatic heterocycles. The molecular weight excluding hydrogens is 751 g/mol. The third kappa shape index (κ3) is 10.4. The summed E-state index contributed by atoms with van der Waals surface area (Å²) < 4.78 is 37.8. The molecule has 59 heavy (non-hydrogen) atoms. The lowest BCUT2D eigenvalue weighted by Gasteiger charge is -2.28. The molecule has 0 radical (unpaired) electrons. The van der Waals surface area contributed by atoms with E-state index in [0.717, 1.165) is 59.8 Å². The van der Waals surface area contributed by atoms with Crippen molar-refractivity contribution < 1.29 is 18.1 Å². The van der Waals surface area contributed by atoms with Gasteiger partial charge >= 0.3 is 0 Å². The van der Waals surface area contributed by atoms with Gasteiger partial charge in [-0.3, -0.25) is 4.55 Å². The molecule has 0 aromatic heterocycles. The summed E-state index contributed by atoms with van der Waals surface area (Å²) in [6.45, 7) is 19.7. The lowest BCUT2D eigenvalue weighted by Crippen LogP contribution is -2.22. The van der Waals surface area contributed by atoms with Crippen molar-refractivity contribution in [1.29, 1.82) is 0 Å². The number of hydrogen-bond donors (Lipinski definition) is 3. The van der Waals surface area contributed by atoms with Gasteiger partial charge in [0.1, 0.15) is 10.6 Å². The second-order valence-corrected chi connectivity index (χ2v) is 18.8. The van der Waals surface area contributed by atoms with Crippen LogP contribution in [0.1, 0.15) is 100 Å². The summed E-state index contributed by atoms with van der Waals surface area (Å²) in [5, 5.41) is 14.7. The van der Waals surface area contributed by atoms with Crippen LogP contribution in [0.25, 0.3) is 0 Å². The molecule has 6 aromatic carbocycles. The van der Waals surface area contributed by atoms with Crippen LogP contribution in [0.3, 0.4) is 0 Å². The molecule has 6 rings (SSSR count). The Kier molecular flexibility index (Phi) is 12.9. The maximum Gasteiger partial charge on any atom is 0.294 e. The van der Waals surface area contributed by atoms with Gasteiger partial charge in [0.15, 0.2) is 0 Å². The van der Waals surface area contributed by atoms with E-state index >= 15 is 0 Å². The molecule has 0 aliphatic carbocycles. The van der Waals surface area contributed by atoms with Crippen molar-refractivity contribution in [2.45, 2.75) is 90.1 Å². The molecule has 308 valence electrons. The Morgan fingerprint density at radius 1 is 0.576 bits per heavy atom. The lowest BCUT2D eigenvalue weighted by molar-refractivity contribution is 0.423. The molecule has 8 heteroatoms. The lowest BCUT2D eigenvalue weighted by atomic mass is 9.79. The predicted octanol–water partition coefficient (Wildman–Crippen LogP) is 12.2. The van der Waals surface area contributed by atoms with Crippen molar-refractivity contribution in [3.05, 3.63) is 178 Å². The van der Waals surface area contributed by atoms with E-state index in [-0.39, 0.29) is 21.5 Å². The largest absolute Gasteiger partial charge is 0.507 e. The van der Waals surface area contributed by atoms with Gasteiger partial charge < -0.3 is 20.2 Å². The van der Waals surface area contributed by atoms with Gasteiger partial charge in [0, 0.05) is 66.0 Å². The average molecular weight is 810 g/mol. The van der Waals surface area contributed by atoms with Gasteiger partial charge in [0.2, 0.25) is 0 Å². The normalized spacial score (nSPS) is 12.1. The summed E-state index contributed by atoms with van der Waals surface area (Å²) in [6, 6.07) is 46.4. The van der Waals surface area contributed by atoms with Crippen LogP contribution in [0.4, 0.5) is 22.7 Å². The summed E-state index contributed by atoms with van der Waals surface area (Å²) in [6.07, 6.45) is 0. The molecule has 0 saturated heterocycles. The molecule has 3 N–H and O–H groups in total.